The Hall–Kier alpha value is -4.48. The van der Waals surface area contributed by atoms with E-state index in [1.165, 1.54) is 33.4 Å². The monoisotopic (exact) mass is 585 g/mol. The fraction of sp³-hybridized carbons (Fsp3) is 0.290. The van der Waals surface area contributed by atoms with Crippen LogP contribution in [-0.4, -0.2) is 66.8 Å². The number of benzene rings is 2. The van der Waals surface area contributed by atoms with Gasteiger partial charge in [0.05, 0.1) is 12.8 Å². The van der Waals surface area contributed by atoms with Crippen LogP contribution in [0.3, 0.4) is 0 Å². The molecule has 0 N–H and O–H groups in total. The molecule has 11 heteroatoms. The van der Waals surface area contributed by atoms with E-state index in [1.54, 1.807) is 48.2 Å². The van der Waals surface area contributed by atoms with Crippen molar-refractivity contribution >= 4 is 40.5 Å². The highest BCUT2D eigenvalue weighted by molar-refractivity contribution is 7.14. The topological polar surface area (TPSA) is 97.2 Å². The second-order valence-electron chi connectivity index (χ2n) is 10.5. The average Bonchev–Trinajstić information content (AvgIpc) is 3.58. The molecule has 4 aromatic rings. The number of methoxy groups -OCH3 is 1. The second kappa shape index (κ2) is 11.1. The number of hydrogen-bond acceptors (Lipinski definition) is 8. The Morgan fingerprint density at radius 3 is 2.40 bits per heavy atom. The van der Waals surface area contributed by atoms with Crippen LogP contribution in [0.5, 0.6) is 10.8 Å². The van der Waals surface area contributed by atoms with E-state index in [0.717, 1.165) is 25.2 Å². The zero-order valence-electron chi connectivity index (χ0n) is 23.9. The van der Waals surface area contributed by atoms with Crippen LogP contribution >= 0.6 is 11.3 Å². The lowest BCUT2D eigenvalue weighted by atomic mass is 10.0. The van der Waals surface area contributed by atoms with Crippen LogP contribution in [0.15, 0.2) is 54.6 Å². The van der Waals surface area contributed by atoms with Crippen molar-refractivity contribution < 1.29 is 23.9 Å². The maximum absolute atomic E-state index is 14.0. The molecule has 0 unspecified atom stereocenters. The fourth-order valence-corrected chi connectivity index (χ4v) is 6.36. The van der Waals surface area contributed by atoms with Crippen LogP contribution in [0.2, 0.25) is 0 Å². The molecule has 10 nitrogen and oxygen atoms in total. The number of anilines is 2. The van der Waals surface area contributed by atoms with Crippen molar-refractivity contribution in [3.05, 3.63) is 82.0 Å². The van der Waals surface area contributed by atoms with Crippen molar-refractivity contribution in [3.63, 3.8) is 0 Å². The number of fused-ring (bicyclic) bond motifs is 2. The molecule has 42 heavy (non-hydrogen) atoms. The molecular formula is C31H31N5O5S. The minimum absolute atomic E-state index is 0.0840. The average molecular weight is 586 g/mol. The number of hydrogen-bond donors (Lipinski definition) is 0. The van der Waals surface area contributed by atoms with Crippen LogP contribution in [0.1, 0.15) is 43.9 Å². The minimum atomic E-state index is -0.580. The fourth-order valence-electron chi connectivity index (χ4n) is 5.36. The summed E-state index contributed by atoms with van der Waals surface area (Å²) in [6, 6.07) is 16.3. The van der Waals surface area contributed by atoms with Crippen LogP contribution in [0.25, 0.3) is 5.69 Å². The number of carbonyl (C=O) groups is 3. The second-order valence-corrected chi connectivity index (χ2v) is 11.6. The van der Waals surface area contributed by atoms with Crippen molar-refractivity contribution in [2.45, 2.75) is 26.3 Å². The standard InChI is InChI=1S/C31H31N5O5S/c1-19(37)34(3)21-5-7-22(8-6-21)35-16-13-25-28(31(39)41-27-17-20-18-33(2)15-14-26(20)42-27)32-36(29(25)30(35)38)23-9-11-24(40-4)12-10-23/h5-12,17H,13-16,18H2,1-4H3. The summed E-state index contributed by atoms with van der Waals surface area (Å²) in [5.74, 6) is -0.279. The van der Waals surface area contributed by atoms with Gasteiger partial charge in [-0.2, -0.15) is 5.10 Å². The van der Waals surface area contributed by atoms with Crippen LogP contribution in [-0.2, 0) is 24.2 Å². The maximum atomic E-state index is 14.0. The van der Waals surface area contributed by atoms with Crippen molar-refractivity contribution in [1.29, 1.82) is 0 Å². The number of likely N-dealkylation sites (N-methyl/N-ethyl adjacent to an activating group) is 1. The van der Waals surface area contributed by atoms with E-state index in [1.807, 2.05) is 30.3 Å². The SMILES string of the molecule is COc1ccc(-n2nc(C(=O)Oc3cc4c(s3)CCN(C)C4)c3c2C(=O)N(c2ccc(N(C)C(C)=O)cc2)CC3)cc1. The lowest BCUT2D eigenvalue weighted by molar-refractivity contribution is -0.116. The Balaban J connectivity index is 1.35. The summed E-state index contributed by atoms with van der Waals surface area (Å²) in [5.41, 5.74) is 4.22. The number of carbonyl (C=O) groups excluding carboxylic acids is 3. The first-order valence-electron chi connectivity index (χ1n) is 13.7. The molecular weight excluding hydrogens is 554 g/mol. The van der Waals surface area contributed by atoms with Gasteiger partial charge in [-0.05, 0) is 80.1 Å². The Kier molecular flexibility index (Phi) is 7.29. The number of nitrogens with zero attached hydrogens (tertiary/aromatic N) is 5. The van der Waals surface area contributed by atoms with E-state index in [0.29, 0.717) is 46.4 Å². The minimum Gasteiger partial charge on any atom is -0.497 e. The summed E-state index contributed by atoms with van der Waals surface area (Å²) in [7, 11) is 5.36. The first-order chi connectivity index (χ1) is 20.2. The van der Waals surface area contributed by atoms with Gasteiger partial charge >= 0.3 is 5.97 Å². The predicted molar refractivity (Wildman–Crippen MR) is 160 cm³/mol. The zero-order valence-corrected chi connectivity index (χ0v) is 24.7. The number of aromatic nitrogens is 2. The molecule has 0 spiro atoms. The van der Waals surface area contributed by atoms with Gasteiger partial charge in [0.2, 0.25) is 5.91 Å². The van der Waals surface area contributed by atoms with Crippen LogP contribution < -0.4 is 19.3 Å². The third-order valence-corrected chi connectivity index (χ3v) is 8.89. The molecule has 0 fully saturated rings. The van der Waals surface area contributed by atoms with Gasteiger partial charge < -0.3 is 24.2 Å². The first-order valence-corrected chi connectivity index (χ1v) is 14.5. The largest absolute Gasteiger partial charge is 0.497 e. The maximum Gasteiger partial charge on any atom is 0.365 e. The van der Waals surface area contributed by atoms with E-state index in [-0.39, 0.29) is 17.5 Å². The van der Waals surface area contributed by atoms with Gasteiger partial charge in [-0.3, -0.25) is 9.59 Å². The molecule has 0 radical (unpaired) electrons. The normalized spacial score (nSPS) is 14.8. The third-order valence-electron chi connectivity index (χ3n) is 7.78. The van der Waals surface area contributed by atoms with Gasteiger partial charge in [-0.25, -0.2) is 9.48 Å². The zero-order chi connectivity index (χ0) is 29.5. The molecule has 2 aliphatic rings. The smallest absolute Gasteiger partial charge is 0.365 e. The molecule has 0 aliphatic carbocycles. The number of thiophene rings is 1. The quantitative estimate of drug-likeness (QED) is 0.311. The van der Waals surface area contributed by atoms with Crippen molar-refractivity contribution in [2.24, 2.45) is 0 Å². The number of esters is 1. The summed E-state index contributed by atoms with van der Waals surface area (Å²) in [5, 5.41) is 5.18. The van der Waals surface area contributed by atoms with Gasteiger partial charge in [0, 0.05) is 55.4 Å². The van der Waals surface area contributed by atoms with E-state index in [4.69, 9.17) is 9.47 Å². The molecule has 6 rings (SSSR count). The van der Waals surface area contributed by atoms with Crippen LogP contribution in [0, 0.1) is 0 Å². The summed E-state index contributed by atoms with van der Waals surface area (Å²) in [6.07, 6.45) is 1.34. The van der Waals surface area contributed by atoms with Gasteiger partial charge in [-0.15, -0.1) is 11.3 Å². The molecule has 2 aromatic heterocycles. The summed E-state index contributed by atoms with van der Waals surface area (Å²) in [4.78, 5) is 46.0. The number of amides is 2. The Morgan fingerprint density at radius 2 is 1.71 bits per heavy atom. The van der Waals surface area contributed by atoms with E-state index in [9.17, 15) is 14.4 Å². The first kappa shape index (κ1) is 27.7. The number of ether oxygens (including phenoxy) is 2. The third kappa shape index (κ3) is 5.05. The molecule has 0 saturated heterocycles. The number of rotatable bonds is 6. The van der Waals surface area contributed by atoms with E-state index >= 15 is 0 Å². The highest BCUT2D eigenvalue weighted by Gasteiger charge is 2.36. The van der Waals surface area contributed by atoms with Gasteiger partial charge in [0.1, 0.15) is 11.4 Å². The lowest BCUT2D eigenvalue weighted by Gasteiger charge is -2.28. The van der Waals surface area contributed by atoms with E-state index < -0.39 is 5.97 Å². The van der Waals surface area contributed by atoms with E-state index in [2.05, 4.69) is 17.0 Å². The summed E-state index contributed by atoms with van der Waals surface area (Å²) in [6.45, 7) is 3.65. The van der Waals surface area contributed by atoms with Crippen molar-refractivity contribution in [3.8, 4) is 16.5 Å². The Labute approximate surface area is 247 Å². The molecule has 0 bridgehead atoms. The molecule has 0 atom stereocenters. The summed E-state index contributed by atoms with van der Waals surface area (Å²) >= 11 is 1.49. The molecule has 2 aromatic carbocycles. The highest BCUT2D eigenvalue weighted by Crippen LogP contribution is 2.35. The molecule has 0 saturated carbocycles. The predicted octanol–water partition coefficient (Wildman–Crippen LogP) is 4.34. The van der Waals surface area contributed by atoms with Crippen molar-refractivity contribution in [2.75, 3.05) is 44.1 Å². The molecule has 4 heterocycles. The Bertz CT molecular complexity index is 1670. The lowest BCUT2D eigenvalue weighted by Crippen LogP contribution is -2.39. The van der Waals surface area contributed by atoms with Crippen LogP contribution in [0.4, 0.5) is 11.4 Å². The molecule has 2 aliphatic heterocycles. The van der Waals surface area contributed by atoms with Gasteiger partial charge in [0.25, 0.3) is 5.91 Å². The van der Waals surface area contributed by atoms with Gasteiger partial charge in [-0.1, -0.05) is 0 Å². The van der Waals surface area contributed by atoms with Gasteiger partial charge in [0.15, 0.2) is 10.8 Å². The Morgan fingerprint density at radius 1 is 1.00 bits per heavy atom. The molecule has 2 amide bonds. The molecule has 216 valence electrons. The summed E-state index contributed by atoms with van der Waals surface area (Å²) < 4.78 is 12.7. The highest BCUT2D eigenvalue weighted by atomic mass is 32.1. The van der Waals surface area contributed by atoms with Crippen molar-refractivity contribution in [1.82, 2.24) is 14.7 Å².